The third-order valence-electron chi connectivity index (χ3n) is 3.32. The van der Waals surface area contributed by atoms with E-state index in [0.29, 0.717) is 24.7 Å². The Morgan fingerprint density at radius 2 is 2.14 bits per heavy atom. The summed E-state index contributed by atoms with van der Waals surface area (Å²) in [7, 11) is 0. The number of nitrogens with one attached hydrogen (secondary N) is 1. The first kappa shape index (κ1) is 17.8. The van der Waals surface area contributed by atoms with Crippen LogP contribution in [0.25, 0.3) is 0 Å². The van der Waals surface area contributed by atoms with Crippen molar-refractivity contribution >= 4 is 17.6 Å². The van der Waals surface area contributed by atoms with Crippen LogP contribution in [-0.4, -0.2) is 35.7 Å². The van der Waals surface area contributed by atoms with Crippen molar-refractivity contribution < 1.29 is 9.90 Å². The standard InChI is InChI=1S/C16H25ClN2O2/c1-3-10-19(11-14-6-4-5-7-15(14)17)16(21)18-9-8-13(2)12-20/h4-7,13,20H,3,8-12H2,1-2H3,(H,18,21)/t13-/m1/s1. The van der Waals surface area contributed by atoms with Gasteiger partial charge in [0.2, 0.25) is 0 Å². The molecule has 0 aliphatic heterocycles. The van der Waals surface area contributed by atoms with Crippen molar-refractivity contribution in [2.75, 3.05) is 19.7 Å². The molecule has 0 fully saturated rings. The van der Waals surface area contributed by atoms with Gasteiger partial charge in [0.05, 0.1) is 0 Å². The molecule has 5 heteroatoms. The second-order valence-corrected chi connectivity index (χ2v) is 5.73. The number of hydrogen-bond donors (Lipinski definition) is 2. The van der Waals surface area contributed by atoms with Crippen LogP contribution in [0.3, 0.4) is 0 Å². The van der Waals surface area contributed by atoms with E-state index in [1.54, 1.807) is 4.90 Å². The average Bonchev–Trinajstić information content (AvgIpc) is 2.48. The number of aliphatic hydroxyl groups is 1. The fourth-order valence-corrected chi connectivity index (χ4v) is 2.18. The molecule has 0 bridgehead atoms. The van der Waals surface area contributed by atoms with Crippen molar-refractivity contribution in [1.82, 2.24) is 10.2 Å². The normalized spacial score (nSPS) is 12.0. The zero-order valence-electron chi connectivity index (χ0n) is 12.8. The fraction of sp³-hybridized carbons (Fsp3) is 0.562. The van der Waals surface area contributed by atoms with Crippen molar-refractivity contribution in [3.8, 4) is 0 Å². The van der Waals surface area contributed by atoms with Gasteiger partial charge in [-0.15, -0.1) is 0 Å². The van der Waals surface area contributed by atoms with Gasteiger partial charge >= 0.3 is 6.03 Å². The van der Waals surface area contributed by atoms with E-state index >= 15 is 0 Å². The Balaban J connectivity index is 2.56. The van der Waals surface area contributed by atoms with Crippen LogP contribution in [0.15, 0.2) is 24.3 Å². The fourth-order valence-electron chi connectivity index (χ4n) is 1.98. The maximum absolute atomic E-state index is 12.2. The smallest absolute Gasteiger partial charge is 0.317 e. The number of hydrogen-bond acceptors (Lipinski definition) is 2. The van der Waals surface area contributed by atoms with Gasteiger partial charge in [-0.25, -0.2) is 4.79 Å². The number of nitrogens with zero attached hydrogens (tertiary/aromatic N) is 1. The predicted octanol–water partition coefficient (Wildman–Crippen LogP) is 3.28. The predicted molar refractivity (Wildman–Crippen MR) is 86.4 cm³/mol. The summed E-state index contributed by atoms with van der Waals surface area (Å²) in [4.78, 5) is 14.0. The number of amides is 2. The summed E-state index contributed by atoms with van der Waals surface area (Å²) in [5.41, 5.74) is 0.950. The van der Waals surface area contributed by atoms with Crippen molar-refractivity contribution in [1.29, 1.82) is 0 Å². The second kappa shape index (κ2) is 9.64. The van der Waals surface area contributed by atoms with E-state index in [9.17, 15) is 4.79 Å². The van der Waals surface area contributed by atoms with E-state index in [4.69, 9.17) is 16.7 Å². The summed E-state index contributed by atoms with van der Waals surface area (Å²) in [6.45, 7) is 5.92. The van der Waals surface area contributed by atoms with E-state index in [0.717, 1.165) is 18.4 Å². The van der Waals surface area contributed by atoms with Gasteiger partial charge in [0.15, 0.2) is 0 Å². The monoisotopic (exact) mass is 312 g/mol. The Hall–Kier alpha value is -1.26. The Morgan fingerprint density at radius 3 is 2.76 bits per heavy atom. The molecule has 2 amide bonds. The summed E-state index contributed by atoms with van der Waals surface area (Å²) in [6.07, 6.45) is 1.67. The Labute approximate surface area is 132 Å². The maximum Gasteiger partial charge on any atom is 0.317 e. The Morgan fingerprint density at radius 1 is 1.43 bits per heavy atom. The molecule has 0 aliphatic carbocycles. The van der Waals surface area contributed by atoms with Crippen LogP contribution in [0, 0.1) is 5.92 Å². The van der Waals surface area contributed by atoms with E-state index in [2.05, 4.69) is 5.32 Å². The summed E-state index contributed by atoms with van der Waals surface area (Å²) < 4.78 is 0. The van der Waals surface area contributed by atoms with Crippen LogP contribution < -0.4 is 5.32 Å². The first-order chi connectivity index (χ1) is 10.1. The van der Waals surface area contributed by atoms with E-state index in [1.807, 2.05) is 38.1 Å². The van der Waals surface area contributed by atoms with E-state index in [1.165, 1.54) is 0 Å². The highest BCUT2D eigenvalue weighted by Crippen LogP contribution is 2.17. The zero-order valence-corrected chi connectivity index (χ0v) is 13.6. The Kier molecular flexibility index (Phi) is 8.16. The lowest BCUT2D eigenvalue weighted by Crippen LogP contribution is -2.40. The number of rotatable bonds is 8. The first-order valence-electron chi connectivity index (χ1n) is 7.45. The first-order valence-corrected chi connectivity index (χ1v) is 7.83. The minimum absolute atomic E-state index is 0.0816. The number of halogens is 1. The third-order valence-corrected chi connectivity index (χ3v) is 3.69. The molecule has 0 aliphatic rings. The topological polar surface area (TPSA) is 52.6 Å². The third kappa shape index (κ3) is 6.36. The van der Waals surface area contributed by atoms with Gasteiger partial charge in [0.25, 0.3) is 0 Å². The number of carbonyl (C=O) groups excluding carboxylic acids is 1. The van der Waals surface area contributed by atoms with Crippen molar-refractivity contribution in [2.24, 2.45) is 5.92 Å². The summed E-state index contributed by atoms with van der Waals surface area (Å²) >= 11 is 6.15. The maximum atomic E-state index is 12.2. The van der Waals surface area contributed by atoms with Crippen molar-refractivity contribution in [3.05, 3.63) is 34.9 Å². The highest BCUT2D eigenvalue weighted by atomic mass is 35.5. The quantitative estimate of drug-likeness (QED) is 0.774. The zero-order chi connectivity index (χ0) is 15.7. The van der Waals surface area contributed by atoms with Gasteiger partial charge < -0.3 is 15.3 Å². The minimum atomic E-state index is -0.0816. The van der Waals surface area contributed by atoms with Crippen LogP contribution in [-0.2, 0) is 6.54 Å². The van der Waals surface area contributed by atoms with E-state index in [-0.39, 0.29) is 18.6 Å². The lowest BCUT2D eigenvalue weighted by molar-refractivity contribution is 0.191. The van der Waals surface area contributed by atoms with Gasteiger partial charge in [-0.05, 0) is 30.4 Å². The molecular formula is C16H25ClN2O2. The molecule has 0 aromatic heterocycles. The van der Waals surface area contributed by atoms with Gasteiger partial charge in [-0.1, -0.05) is 43.6 Å². The number of aliphatic hydroxyl groups excluding tert-OH is 1. The molecule has 2 N–H and O–H groups in total. The second-order valence-electron chi connectivity index (χ2n) is 5.32. The SMILES string of the molecule is CCCN(Cc1ccccc1Cl)C(=O)NCC[C@@H](C)CO. The highest BCUT2D eigenvalue weighted by molar-refractivity contribution is 6.31. The van der Waals surface area contributed by atoms with Crippen LogP contribution in [0.2, 0.25) is 5.02 Å². The molecule has 21 heavy (non-hydrogen) atoms. The van der Waals surface area contributed by atoms with Gasteiger partial charge in [0, 0.05) is 31.3 Å². The van der Waals surface area contributed by atoms with E-state index < -0.39 is 0 Å². The van der Waals surface area contributed by atoms with Crippen molar-refractivity contribution in [2.45, 2.75) is 33.2 Å². The summed E-state index contributed by atoms with van der Waals surface area (Å²) in [5.74, 6) is 0.202. The average molecular weight is 313 g/mol. The summed E-state index contributed by atoms with van der Waals surface area (Å²) in [5, 5.41) is 12.6. The lowest BCUT2D eigenvalue weighted by atomic mass is 10.1. The van der Waals surface area contributed by atoms with Gasteiger partial charge in [-0.2, -0.15) is 0 Å². The molecule has 0 heterocycles. The van der Waals surface area contributed by atoms with Gasteiger partial charge in [-0.3, -0.25) is 0 Å². The van der Waals surface area contributed by atoms with Crippen LogP contribution in [0.4, 0.5) is 4.79 Å². The van der Waals surface area contributed by atoms with Gasteiger partial charge in [0.1, 0.15) is 0 Å². The van der Waals surface area contributed by atoms with Crippen LogP contribution >= 0.6 is 11.6 Å². The molecule has 1 rings (SSSR count). The Bertz CT molecular complexity index is 440. The molecule has 0 spiro atoms. The molecular weight excluding hydrogens is 288 g/mol. The van der Waals surface area contributed by atoms with Crippen molar-refractivity contribution in [3.63, 3.8) is 0 Å². The lowest BCUT2D eigenvalue weighted by Gasteiger charge is -2.23. The molecule has 118 valence electrons. The highest BCUT2D eigenvalue weighted by Gasteiger charge is 2.14. The molecule has 0 saturated carbocycles. The number of urea groups is 1. The van der Waals surface area contributed by atoms with Crippen LogP contribution in [0.5, 0.6) is 0 Å². The summed E-state index contributed by atoms with van der Waals surface area (Å²) in [6, 6.07) is 7.49. The molecule has 1 aromatic rings. The minimum Gasteiger partial charge on any atom is -0.396 e. The molecule has 0 radical (unpaired) electrons. The molecule has 0 saturated heterocycles. The largest absolute Gasteiger partial charge is 0.396 e. The molecule has 4 nitrogen and oxygen atoms in total. The molecule has 1 atom stereocenters. The molecule has 1 aromatic carbocycles. The van der Waals surface area contributed by atoms with Crippen LogP contribution in [0.1, 0.15) is 32.3 Å². The number of carbonyl (C=O) groups is 1. The molecule has 0 unspecified atom stereocenters. The number of benzene rings is 1.